The van der Waals surface area contributed by atoms with Crippen molar-refractivity contribution >= 4 is 49.0 Å². The number of rotatable bonds is 5. The van der Waals surface area contributed by atoms with Crippen molar-refractivity contribution < 1.29 is 13.2 Å². The molecular weight excluding hydrogens is 430 g/mol. The van der Waals surface area contributed by atoms with Gasteiger partial charge in [0.15, 0.2) is 0 Å². The summed E-state index contributed by atoms with van der Waals surface area (Å²) in [4.78, 5) is 14.3. The highest BCUT2D eigenvalue weighted by Crippen LogP contribution is 2.31. The Morgan fingerprint density at radius 1 is 1.24 bits per heavy atom. The molecule has 1 aliphatic heterocycles. The highest BCUT2D eigenvalue weighted by atomic mass is 35.5. The van der Waals surface area contributed by atoms with Gasteiger partial charge < -0.3 is 4.90 Å². The molecular formula is C20H16ClN3O3S2. The average molecular weight is 446 g/mol. The molecule has 9 heteroatoms. The van der Waals surface area contributed by atoms with E-state index in [0.29, 0.717) is 30.1 Å². The molecule has 1 saturated heterocycles. The van der Waals surface area contributed by atoms with Gasteiger partial charge in [-0.05, 0) is 47.7 Å². The first-order valence-corrected chi connectivity index (χ1v) is 11.5. The van der Waals surface area contributed by atoms with Gasteiger partial charge in [0.25, 0.3) is 10.0 Å². The smallest absolute Gasteiger partial charge is 0.250 e. The van der Waals surface area contributed by atoms with Crippen LogP contribution in [-0.2, 0) is 21.4 Å². The van der Waals surface area contributed by atoms with Crippen molar-refractivity contribution in [2.45, 2.75) is 23.2 Å². The molecule has 0 spiro atoms. The number of hydrogen-bond acceptors (Lipinski definition) is 5. The quantitative estimate of drug-likeness (QED) is 0.650. The lowest BCUT2D eigenvalue weighted by Gasteiger charge is -2.17. The summed E-state index contributed by atoms with van der Waals surface area (Å²) in [6, 6.07) is 15.1. The molecule has 1 atom stereocenters. The van der Waals surface area contributed by atoms with Gasteiger partial charge in [-0.15, -0.1) is 11.3 Å². The Bertz CT molecular complexity index is 1250. The lowest BCUT2D eigenvalue weighted by atomic mass is 10.1. The van der Waals surface area contributed by atoms with Crippen LogP contribution in [0.1, 0.15) is 17.5 Å². The number of benzene rings is 2. The second-order valence-electron chi connectivity index (χ2n) is 6.78. The summed E-state index contributed by atoms with van der Waals surface area (Å²) in [6.45, 7) is 0.790. The molecule has 4 rings (SSSR count). The minimum Gasteiger partial charge on any atom is -0.337 e. The van der Waals surface area contributed by atoms with Crippen LogP contribution >= 0.6 is 22.9 Å². The zero-order valence-electron chi connectivity index (χ0n) is 15.1. The number of nitrogens with one attached hydrogen (secondary N) is 1. The van der Waals surface area contributed by atoms with Gasteiger partial charge in [-0.25, -0.2) is 8.42 Å². The maximum absolute atomic E-state index is 12.8. The summed E-state index contributed by atoms with van der Waals surface area (Å²) in [6.07, 6.45) is 0.396. The molecule has 0 saturated carbocycles. The Balaban J connectivity index is 1.48. The van der Waals surface area contributed by atoms with E-state index in [2.05, 4.69) is 10.8 Å². The largest absolute Gasteiger partial charge is 0.337 e. The fourth-order valence-electron chi connectivity index (χ4n) is 3.32. The molecule has 3 aromatic rings. The molecule has 0 radical (unpaired) electrons. The van der Waals surface area contributed by atoms with E-state index in [1.807, 2.05) is 6.07 Å². The van der Waals surface area contributed by atoms with Crippen LogP contribution in [0.3, 0.4) is 0 Å². The van der Waals surface area contributed by atoms with Crippen LogP contribution in [0.5, 0.6) is 0 Å². The third-order valence-corrected chi connectivity index (χ3v) is 8.03. The summed E-state index contributed by atoms with van der Waals surface area (Å²) >= 11 is 7.09. The number of hydrogen-bond donors (Lipinski definition) is 1. The van der Waals surface area contributed by atoms with Gasteiger partial charge in [-0.1, -0.05) is 29.8 Å². The van der Waals surface area contributed by atoms with E-state index in [-0.39, 0.29) is 10.1 Å². The van der Waals surface area contributed by atoms with Gasteiger partial charge >= 0.3 is 0 Å². The molecule has 6 nitrogen and oxygen atoms in total. The Hall–Kier alpha value is -2.44. The number of carbonyl (C=O) groups is 1. The molecule has 1 aromatic heterocycles. The number of sulfonamides is 1. The van der Waals surface area contributed by atoms with Crippen LogP contribution in [0.25, 0.3) is 10.1 Å². The average Bonchev–Trinajstić information content (AvgIpc) is 3.27. The zero-order chi connectivity index (χ0) is 20.6. The first-order chi connectivity index (χ1) is 13.9. The first-order valence-electron chi connectivity index (χ1n) is 8.85. The standard InChI is InChI=1S/C20H16ClN3O3S2/c21-16-5-4-15-9-19(28-18(15)10-16)29(26,27)23-17-6-7-24(20(17)25)12-14-3-1-2-13(8-14)11-22/h1-5,8-10,17,23H,6-7,12H2. The maximum Gasteiger partial charge on any atom is 0.250 e. The molecule has 0 aliphatic carbocycles. The van der Waals surface area contributed by atoms with E-state index in [4.69, 9.17) is 16.9 Å². The minimum absolute atomic E-state index is 0.155. The SMILES string of the molecule is N#Cc1cccc(CN2CCC(NS(=O)(=O)c3cc4ccc(Cl)cc4s3)C2=O)c1. The number of carbonyl (C=O) groups excluding carboxylic acids is 1. The second-order valence-corrected chi connectivity index (χ2v) is 10.2. The van der Waals surface area contributed by atoms with Crippen LogP contribution in [-0.4, -0.2) is 31.8 Å². The number of thiophene rings is 1. The lowest BCUT2D eigenvalue weighted by Crippen LogP contribution is -2.41. The highest BCUT2D eigenvalue weighted by molar-refractivity contribution is 7.91. The number of fused-ring (bicyclic) bond motifs is 1. The van der Waals surface area contributed by atoms with Gasteiger partial charge in [0.2, 0.25) is 5.91 Å². The number of likely N-dealkylation sites (tertiary alicyclic amines) is 1. The number of amides is 1. The Labute approximate surface area is 177 Å². The highest BCUT2D eigenvalue weighted by Gasteiger charge is 2.35. The fraction of sp³-hybridized carbons (Fsp3) is 0.200. The van der Waals surface area contributed by atoms with Gasteiger partial charge in [0, 0.05) is 22.8 Å². The second kappa shape index (κ2) is 7.76. The topological polar surface area (TPSA) is 90.3 Å². The summed E-state index contributed by atoms with van der Waals surface area (Å²) in [5.41, 5.74) is 1.36. The first kappa shape index (κ1) is 19.9. The van der Waals surface area contributed by atoms with Crippen LogP contribution in [0.2, 0.25) is 5.02 Å². The molecule has 1 N–H and O–H groups in total. The number of nitrogens with zero attached hydrogens (tertiary/aromatic N) is 2. The van der Waals surface area contributed by atoms with Crippen LogP contribution in [0, 0.1) is 11.3 Å². The molecule has 1 amide bonds. The van der Waals surface area contributed by atoms with Crippen molar-refractivity contribution in [3.8, 4) is 6.07 Å². The van der Waals surface area contributed by atoms with Crippen molar-refractivity contribution in [3.05, 3.63) is 64.7 Å². The predicted molar refractivity (Wildman–Crippen MR) is 112 cm³/mol. The summed E-state index contributed by atoms with van der Waals surface area (Å²) in [7, 11) is -3.82. The molecule has 1 unspecified atom stereocenters. The van der Waals surface area contributed by atoms with Crippen molar-refractivity contribution in [1.82, 2.24) is 9.62 Å². The zero-order valence-corrected chi connectivity index (χ0v) is 17.5. The van der Waals surface area contributed by atoms with E-state index < -0.39 is 16.1 Å². The fourth-order valence-corrected chi connectivity index (χ4v) is 6.24. The minimum atomic E-state index is -3.82. The van der Waals surface area contributed by atoms with E-state index in [0.717, 1.165) is 27.0 Å². The molecule has 2 heterocycles. The Kier molecular flexibility index (Phi) is 5.32. The summed E-state index contributed by atoms with van der Waals surface area (Å²) in [5.74, 6) is -0.264. The van der Waals surface area contributed by atoms with Crippen LogP contribution in [0.15, 0.2) is 52.7 Å². The number of halogens is 1. The van der Waals surface area contributed by atoms with Gasteiger partial charge in [0.1, 0.15) is 10.3 Å². The van der Waals surface area contributed by atoms with Gasteiger partial charge in [-0.2, -0.15) is 9.98 Å². The third-order valence-electron chi connectivity index (χ3n) is 4.75. The van der Waals surface area contributed by atoms with Crippen molar-refractivity contribution in [2.24, 2.45) is 0 Å². The molecule has 2 aromatic carbocycles. The van der Waals surface area contributed by atoms with E-state index in [9.17, 15) is 13.2 Å². The maximum atomic E-state index is 12.8. The van der Waals surface area contributed by atoms with Crippen molar-refractivity contribution in [1.29, 1.82) is 5.26 Å². The number of nitriles is 1. The molecule has 29 heavy (non-hydrogen) atoms. The molecule has 1 aliphatic rings. The van der Waals surface area contributed by atoms with Gasteiger partial charge in [-0.3, -0.25) is 4.79 Å². The summed E-state index contributed by atoms with van der Waals surface area (Å²) in [5, 5.41) is 10.3. The Morgan fingerprint density at radius 2 is 2.07 bits per heavy atom. The van der Waals surface area contributed by atoms with Crippen molar-refractivity contribution in [2.75, 3.05) is 6.54 Å². The predicted octanol–water partition coefficient (Wildman–Crippen LogP) is 3.51. The van der Waals surface area contributed by atoms with E-state index in [1.54, 1.807) is 47.4 Å². The lowest BCUT2D eigenvalue weighted by molar-refractivity contribution is -0.129. The van der Waals surface area contributed by atoms with E-state index in [1.165, 1.54) is 0 Å². The molecule has 148 valence electrons. The third kappa shape index (κ3) is 4.14. The summed E-state index contributed by atoms with van der Waals surface area (Å²) < 4.78 is 29.1. The van der Waals surface area contributed by atoms with Crippen LogP contribution < -0.4 is 4.72 Å². The van der Waals surface area contributed by atoms with Crippen LogP contribution in [0.4, 0.5) is 0 Å². The normalized spacial score (nSPS) is 17.0. The molecule has 0 bridgehead atoms. The Morgan fingerprint density at radius 3 is 2.86 bits per heavy atom. The van der Waals surface area contributed by atoms with E-state index >= 15 is 0 Å². The monoisotopic (exact) mass is 445 g/mol. The van der Waals surface area contributed by atoms with Gasteiger partial charge in [0.05, 0.1) is 11.6 Å². The van der Waals surface area contributed by atoms with Crippen molar-refractivity contribution in [3.63, 3.8) is 0 Å². The molecule has 1 fully saturated rings.